The van der Waals surface area contributed by atoms with Crippen LogP contribution in [-0.2, 0) is 9.84 Å². The van der Waals surface area contributed by atoms with Gasteiger partial charge >= 0.3 is 0 Å². The third kappa shape index (κ3) is 2.74. The normalized spacial score (nSPS) is 22.3. The van der Waals surface area contributed by atoms with E-state index in [-0.39, 0.29) is 22.8 Å². The number of ether oxygens (including phenoxy) is 1. The van der Waals surface area contributed by atoms with Crippen LogP contribution in [0.2, 0.25) is 0 Å². The van der Waals surface area contributed by atoms with Crippen LogP contribution in [0.4, 0.5) is 0 Å². The van der Waals surface area contributed by atoms with Crippen molar-refractivity contribution in [2.45, 2.75) is 11.8 Å². The van der Waals surface area contributed by atoms with Crippen LogP contribution in [0.15, 0.2) is 36.4 Å². The van der Waals surface area contributed by atoms with E-state index in [4.69, 9.17) is 16.3 Å². The van der Waals surface area contributed by atoms with E-state index in [1.807, 2.05) is 36.4 Å². The number of benzene rings is 2. The second kappa shape index (κ2) is 5.50. The van der Waals surface area contributed by atoms with Gasteiger partial charge < -0.3 is 4.74 Å². The minimum atomic E-state index is -2.92. The Morgan fingerprint density at radius 2 is 1.90 bits per heavy atom. The monoisotopic (exact) mass is 324 g/mol. The average Bonchev–Trinajstić information content (AvgIpc) is 2.85. The number of halogens is 1. The third-order valence-electron chi connectivity index (χ3n) is 4.12. The standard InChI is InChI=1S/C16H17ClO3S/c1-20-15-7-6-14(12-4-2-3-5-13(12)15)16(17)11-8-9-21(18,19)10-11/h2-7,11,16H,8-10H2,1H3. The zero-order valence-corrected chi connectivity index (χ0v) is 13.3. The summed E-state index contributed by atoms with van der Waals surface area (Å²) in [5, 5.41) is 1.74. The maximum absolute atomic E-state index is 11.7. The van der Waals surface area contributed by atoms with E-state index in [2.05, 4.69) is 0 Å². The van der Waals surface area contributed by atoms with Gasteiger partial charge in [-0.05, 0) is 29.4 Å². The number of fused-ring (bicyclic) bond motifs is 1. The molecular formula is C16H17ClO3S. The van der Waals surface area contributed by atoms with Crippen molar-refractivity contribution in [3.05, 3.63) is 42.0 Å². The molecule has 0 spiro atoms. The predicted octanol–water partition coefficient (Wildman–Crippen LogP) is 3.56. The second-order valence-corrected chi connectivity index (χ2v) is 8.17. The molecule has 0 aromatic heterocycles. The topological polar surface area (TPSA) is 43.4 Å². The highest BCUT2D eigenvalue weighted by Crippen LogP contribution is 2.41. The Balaban J connectivity index is 2.05. The molecule has 1 aliphatic heterocycles. The summed E-state index contributed by atoms with van der Waals surface area (Å²) < 4.78 is 28.7. The molecule has 2 atom stereocenters. The fourth-order valence-corrected chi connectivity index (χ4v) is 5.37. The lowest BCUT2D eigenvalue weighted by molar-refractivity contribution is 0.419. The summed E-state index contributed by atoms with van der Waals surface area (Å²) in [6, 6.07) is 11.8. The number of sulfone groups is 1. The molecule has 112 valence electrons. The minimum Gasteiger partial charge on any atom is -0.496 e. The fourth-order valence-electron chi connectivity index (χ4n) is 3.02. The molecule has 1 fully saturated rings. The Morgan fingerprint density at radius 3 is 2.52 bits per heavy atom. The molecule has 2 aromatic rings. The molecule has 0 aliphatic carbocycles. The van der Waals surface area contributed by atoms with Crippen molar-refractivity contribution < 1.29 is 13.2 Å². The highest BCUT2D eigenvalue weighted by Gasteiger charge is 2.34. The van der Waals surface area contributed by atoms with Crippen molar-refractivity contribution in [2.75, 3.05) is 18.6 Å². The first kappa shape index (κ1) is 14.7. The van der Waals surface area contributed by atoms with Gasteiger partial charge in [0.1, 0.15) is 5.75 Å². The van der Waals surface area contributed by atoms with E-state index >= 15 is 0 Å². The molecule has 3 rings (SSSR count). The molecule has 0 radical (unpaired) electrons. The fraction of sp³-hybridized carbons (Fsp3) is 0.375. The van der Waals surface area contributed by atoms with Crippen molar-refractivity contribution in [2.24, 2.45) is 5.92 Å². The molecular weight excluding hydrogens is 308 g/mol. The molecule has 1 heterocycles. The lowest BCUT2D eigenvalue weighted by Gasteiger charge is -2.19. The van der Waals surface area contributed by atoms with E-state index in [0.29, 0.717) is 6.42 Å². The van der Waals surface area contributed by atoms with Gasteiger partial charge in [-0.1, -0.05) is 30.3 Å². The van der Waals surface area contributed by atoms with Crippen LogP contribution in [0.25, 0.3) is 10.8 Å². The van der Waals surface area contributed by atoms with E-state index in [1.165, 1.54) is 0 Å². The highest BCUT2D eigenvalue weighted by atomic mass is 35.5. The molecule has 5 heteroatoms. The molecule has 2 unspecified atom stereocenters. The molecule has 2 aromatic carbocycles. The van der Waals surface area contributed by atoms with Crippen LogP contribution in [0, 0.1) is 5.92 Å². The van der Waals surface area contributed by atoms with Gasteiger partial charge in [0.05, 0.1) is 24.0 Å². The van der Waals surface area contributed by atoms with Crippen LogP contribution < -0.4 is 4.74 Å². The van der Waals surface area contributed by atoms with Gasteiger partial charge in [0.25, 0.3) is 0 Å². The smallest absolute Gasteiger partial charge is 0.150 e. The third-order valence-corrected chi connectivity index (χ3v) is 6.50. The summed E-state index contributed by atoms with van der Waals surface area (Å²) in [7, 11) is -1.28. The number of methoxy groups -OCH3 is 1. The average molecular weight is 325 g/mol. The van der Waals surface area contributed by atoms with Crippen molar-refractivity contribution in [1.29, 1.82) is 0 Å². The van der Waals surface area contributed by atoms with Gasteiger partial charge in [0.2, 0.25) is 0 Å². The van der Waals surface area contributed by atoms with Crippen molar-refractivity contribution in [3.8, 4) is 5.75 Å². The van der Waals surface area contributed by atoms with Crippen LogP contribution in [-0.4, -0.2) is 27.0 Å². The summed E-state index contributed by atoms with van der Waals surface area (Å²) in [6.45, 7) is 0. The largest absolute Gasteiger partial charge is 0.496 e. The Kier molecular flexibility index (Phi) is 3.84. The zero-order chi connectivity index (χ0) is 15.0. The maximum Gasteiger partial charge on any atom is 0.150 e. The predicted molar refractivity (Wildman–Crippen MR) is 85.9 cm³/mol. The van der Waals surface area contributed by atoms with Crippen LogP contribution in [0.1, 0.15) is 17.4 Å². The SMILES string of the molecule is COc1ccc(C(Cl)C2CCS(=O)(=O)C2)c2ccccc12. The van der Waals surface area contributed by atoms with Gasteiger partial charge in [-0.15, -0.1) is 11.6 Å². The summed E-state index contributed by atoms with van der Waals surface area (Å²) in [4.78, 5) is 0. The Hall–Kier alpha value is -1.26. The summed E-state index contributed by atoms with van der Waals surface area (Å²) in [5.74, 6) is 1.21. The van der Waals surface area contributed by atoms with E-state index in [1.54, 1.807) is 7.11 Å². The molecule has 0 bridgehead atoms. The van der Waals surface area contributed by atoms with Gasteiger partial charge in [0.15, 0.2) is 9.84 Å². The Morgan fingerprint density at radius 1 is 1.19 bits per heavy atom. The quantitative estimate of drug-likeness (QED) is 0.811. The number of hydrogen-bond acceptors (Lipinski definition) is 3. The van der Waals surface area contributed by atoms with E-state index in [9.17, 15) is 8.42 Å². The first-order chi connectivity index (χ1) is 10.0. The van der Waals surface area contributed by atoms with E-state index in [0.717, 1.165) is 22.1 Å². The zero-order valence-electron chi connectivity index (χ0n) is 11.8. The Labute approximate surface area is 129 Å². The summed E-state index contributed by atoms with van der Waals surface area (Å²) in [5.41, 5.74) is 0.982. The van der Waals surface area contributed by atoms with Gasteiger partial charge in [-0.2, -0.15) is 0 Å². The Bertz CT molecular complexity index is 770. The number of hydrogen-bond donors (Lipinski definition) is 0. The first-order valence-electron chi connectivity index (χ1n) is 6.92. The minimum absolute atomic E-state index is 0.0199. The van der Waals surface area contributed by atoms with Crippen LogP contribution >= 0.6 is 11.6 Å². The molecule has 3 nitrogen and oxygen atoms in total. The maximum atomic E-state index is 11.7. The van der Waals surface area contributed by atoms with Gasteiger partial charge in [0, 0.05) is 5.39 Å². The van der Waals surface area contributed by atoms with E-state index < -0.39 is 9.84 Å². The van der Waals surface area contributed by atoms with Gasteiger partial charge in [-0.3, -0.25) is 0 Å². The number of alkyl halides is 1. The van der Waals surface area contributed by atoms with Crippen LogP contribution in [0.3, 0.4) is 0 Å². The van der Waals surface area contributed by atoms with Gasteiger partial charge in [-0.25, -0.2) is 8.42 Å². The van der Waals surface area contributed by atoms with Crippen molar-refractivity contribution >= 4 is 32.2 Å². The summed E-state index contributed by atoms with van der Waals surface area (Å²) in [6.07, 6.45) is 0.636. The van der Waals surface area contributed by atoms with Crippen LogP contribution in [0.5, 0.6) is 5.75 Å². The lowest BCUT2D eigenvalue weighted by Crippen LogP contribution is -2.10. The highest BCUT2D eigenvalue weighted by molar-refractivity contribution is 7.91. The molecule has 0 amide bonds. The first-order valence-corrected chi connectivity index (χ1v) is 9.18. The molecule has 0 N–H and O–H groups in total. The van der Waals surface area contributed by atoms with Crippen molar-refractivity contribution in [3.63, 3.8) is 0 Å². The van der Waals surface area contributed by atoms with Crippen molar-refractivity contribution in [1.82, 2.24) is 0 Å². The second-order valence-electron chi connectivity index (χ2n) is 5.47. The molecule has 1 aliphatic rings. The number of rotatable bonds is 3. The molecule has 0 saturated carbocycles. The molecule has 21 heavy (non-hydrogen) atoms. The summed E-state index contributed by atoms with van der Waals surface area (Å²) >= 11 is 6.61. The lowest BCUT2D eigenvalue weighted by atomic mass is 9.93. The molecule has 1 saturated heterocycles.